The van der Waals surface area contributed by atoms with Crippen LogP contribution in [0.2, 0.25) is 0 Å². The van der Waals surface area contributed by atoms with Crippen molar-refractivity contribution in [3.63, 3.8) is 0 Å². The van der Waals surface area contributed by atoms with E-state index in [9.17, 15) is 14.3 Å². The van der Waals surface area contributed by atoms with Crippen molar-refractivity contribution < 1.29 is 14.3 Å². The van der Waals surface area contributed by atoms with Gasteiger partial charge in [0.1, 0.15) is 5.82 Å². The second kappa shape index (κ2) is 7.32. The molecule has 1 heterocycles. The zero-order valence-corrected chi connectivity index (χ0v) is 15.5. The zero-order valence-electron chi connectivity index (χ0n) is 15.5. The van der Waals surface area contributed by atoms with Gasteiger partial charge in [0.25, 0.3) is 0 Å². The minimum atomic E-state index is -1.10. The van der Waals surface area contributed by atoms with Crippen molar-refractivity contribution in [2.75, 3.05) is 0 Å². The molecular formula is C21H22FN3O2. The first-order chi connectivity index (χ1) is 12.8. The molecule has 0 bridgehead atoms. The van der Waals surface area contributed by atoms with Crippen LogP contribution in [0.3, 0.4) is 0 Å². The van der Waals surface area contributed by atoms with Crippen molar-refractivity contribution in [1.82, 2.24) is 15.1 Å². The van der Waals surface area contributed by atoms with Gasteiger partial charge in [0.15, 0.2) is 5.69 Å². The molecule has 6 heteroatoms. The van der Waals surface area contributed by atoms with Crippen molar-refractivity contribution in [2.45, 2.75) is 32.9 Å². The molecule has 0 amide bonds. The molecule has 140 valence electrons. The highest BCUT2D eigenvalue weighted by Gasteiger charge is 2.25. The number of halogens is 1. The molecule has 27 heavy (non-hydrogen) atoms. The lowest BCUT2D eigenvalue weighted by atomic mass is 10.0. The number of rotatable bonds is 5. The standard InChI is InChI=1S/C21H22FN3O2/c1-21(2,3)23-13-17-18(20(26)27)24-25(16-7-5-4-6-8-16)19(17)14-9-11-15(22)12-10-14/h4-12,23H,13H2,1-3H3,(H,26,27). The molecular weight excluding hydrogens is 345 g/mol. The molecule has 0 spiro atoms. The van der Waals surface area contributed by atoms with Crippen LogP contribution in [0.5, 0.6) is 0 Å². The summed E-state index contributed by atoms with van der Waals surface area (Å²) in [5.74, 6) is -1.45. The van der Waals surface area contributed by atoms with Gasteiger partial charge in [-0.15, -0.1) is 0 Å². The fourth-order valence-corrected chi connectivity index (χ4v) is 2.80. The van der Waals surface area contributed by atoms with E-state index in [-0.39, 0.29) is 17.1 Å². The highest BCUT2D eigenvalue weighted by molar-refractivity contribution is 5.90. The third-order valence-electron chi connectivity index (χ3n) is 4.10. The Hall–Kier alpha value is -2.99. The Morgan fingerprint density at radius 1 is 1.11 bits per heavy atom. The van der Waals surface area contributed by atoms with Crippen molar-refractivity contribution in [1.29, 1.82) is 0 Å². The Bertz CT molecular complexity index is 942. The summed E-state index contributed by atoms with van der Waals surface area (Å²) in [5, 5.41) is 17.4. The Morgan fingerprint density at radius 2 is 1.74 bits per heavy atom. The number of nitrogens with zero attached hydrogens (tertiary/aromatic N) is 2. The molecule has 2 aromatic carbocycles. The third kappa shape index (κ3) is 4.23. The fourth-order valence-electron chi connectivity index (χ4n) is 2.80. The van der Waals surface area contributed by atoms with Gasteiger partial charge < -0.3 is 10.4 Å². The molecule has 5 nitrogen and oxygen atoms in total. The number of nitrogens with one attached hydrogen (secondary N) is 1. The number of carbonyl (C=O) groups is 1. The summed E-state index contributed by atoms with van der Waals surface area (Å²) in [6.45, 7) is 6.34. The van der Waals surface area contributed by atoms with Crippen molar-refractivity contribution >= 4 is 5.97 Å². The summed E-state index contributed by atoms with van der Waals surface area (Å²) >= 11 is 0. The lowest BCUT2D eigenvalue weighted by Gasteiger charge is -2.21. The number of aromatic nitrogens is 2. The smallest absolute Gasteiger partial charge is 0.356 e. The van der Waals surface area contributed by atoms with Gasteiger partial charge in [0.05, 0.1) is 11.4 Å². The highest BCUT2D eigenvalue weighted by Crippen LogP contribution is 2.30. The van der Waals surface area contributed by atoms with Gasteiger partial charge in [0, 0.05) is 23.2 Å². The van der Waals surface area contributed by atoms with Crippen molar-refractivity contribution in [3.05, 3.63) is 71.7 Å². The molecule has 2 N–H and O–H groups in total. The summed E-state index contributed by atoms with van der Waals surface area (Å²) < 4.78 is 15.0. The van der Waals surface area contributed by atoms with Crippen LogP contribution < -0.4 is 5.32 Å². The number of carboxylic acid groups (broad SMARTS) is 1. The number of benzene rings is 2. The molecule has 0 aliphatic carbocycles. The van der Waals surface area contributed by atoms with Crippen LogP contribution >= 0.6 is 0 Å². The molecule has 0 fully saturated rings. The van der Waals surface area contributed by atoms with Crippen LogP contribution in [0.25, 0.3) is 16.9 Å². The number of carboxylic acids is 1. The molecule has 0 unspecified atom stereocenters. The van der Waals surface area contributed by atoms with Gasteiger partial charge in [-0.3, -0.25) is 0 Å². The van der Waals surface area contributed by atoms with Gasteiger partial charge in [-0.05, 0) is 57.2 Å². The minimum absolute atomic E-state index is 0.0186. The summed E-state index contributed by atoms with van der Waals surface area (Å²) in [4.78, 5) is 11.9. The lowest BCUT2D eigenvalue weighted by Crippen LogP contribution is -2.35. The molecule has 0 aliphatic heterocycles. The predicted octanol–water partition coefficient (Wildman–Crippen LogP) is 4.26. The second-order valence-electron chi connectivity index (χ2n) is 7.34. The Balaban J connectivity index is 2.24. The highest BCUT2D eigenvalue weighted by atomic mass is 19.1. The first kappa shape index (κ1) is 18.8. The van der Waals surface area contributed by atoms with E-state index in [0.717, 1.165) is 5.69 Å². The van der Waals surface area contributed by atoms with Gasteiger partial charge >= 0.3 is 5.97 Å². The summed E-state index contributed by atoms with van der Waals surface area (Å²) in [6.07, 6.45) is 0. The van der Waals surface area contributed by atoms with Crippen molar-refractivity contribution in [3.8, 4) is 16.9 Å². The summed E-state index contributed by atoms with van der Waals surface area (Å²) in [6, 6.07) is 15.3. The maximum absolute atomic E-state index is 13.4. The number of hydrogen-bond acceptors (Lipinski definition) is 3. The Labute approximate surface area is 157 Å². The van der Waals surface area contributed by atoms with Crippen LogP contribution in [0, 0.1) is 5.82 Å². The van der Waals surface area contributed by atoms with E-state index in [4.69, 9.17) is 0 Å². The molecule has 0 atom stereocenters. The molecule has 3 rings (SSSR count). The average molecular weight is 367 g/mol. The topological polar surface area (TPSA) is 67.2 Å². The second-order valence-corrected chi connectivity index (χ2v) is 7.34. The zero-order chi connectivity index (χ0) is 19.6. The van der Waals surface area contributed by atoms with Crippen molar-refractivity contribution in [2.24, 2.45) is 0 Å². The Morgan fingerprint density at radius 3 is 2.30 bits per heavy atom. The van der Waals surface area contributed by atoms with E-state index in [1.54, 1.807) is 16.8 Å². The number of aromatic carboxylic acids is 1. The summed E-state index contributed by atoms with van der Waals surface area (Å²) in [5.41, 5.74) is 2.41. The minimum Gasteiger partial charge on any atom is -0.476 e. The molecule has 3 aromatic rings. The largest absolute Gasteiger partial charge is 0.476 e. The monoisotopic (exact) mass is 367 g/mol. The number of para-hydroxylation sites is 1. The van der Waals surface area contributed by atoms with Crippen LogP contribution in [-0.4, -0.2) is 26.4 Å². The molecule has 1 aromatic heterocycles. The van der Waals surface area contributed by atoms with Gasteiger partial charge in [-0.2, -0.15) is 5.10 Å². The van der Waals surface area contributed by atoms with Crippen LogP contribution in [0.1, 0.15) is 36.8 Å². The van der Waals surface area contributed by atoms with E-state index >= 15 is 0 Å². The quantitative estimate of drug-likeness (QED) is 0.707. The normalized spacial score (nSPS) is 11.6. The van der Waals surface area contributed by atoms with E-state index in [1.165, 1.54) is 12.1 Å². The van der Waals surface area contributed by atoms with E-state index in [0.29, 0.717) is 23.4 Å². The fraction of sp³-hybridized carbons (Fsp3) is 0.238. The van der Waals surface area contributed by atoms with E-state index < -0.39 is 5.97 Å². The first-order valence-corrected chi connectivity index (χ1v) is 8.68. The van der Waals surface area contributed by atoms with Gasteiger partial charge in [-0.1, -0.05) is 18.2 Å². The van der Waals surface area contributed by atoms with Crippen LogP contribution in [0.4, 0.5) is 4.39 Å². The van der Waals surface area contributed by atoms with Gasteiger partial charge in [-0.25, -0.2) is 13.9 Å². The lowest BCUT2D eigenvalue weighted by molar-refractivity contribution is 0.0688. The van der Waals surface area contributed by atoms with Crippen LogP contribution in [-0.2, 0) is 6.54 Å². The SMILES string of the molecule is CC(C)(C)NCc1c(C(=O)O)nn(-c2ccccc2)c1-c1ccc(F)cc1. The first-order valence-electron chi connectivity index (χ1n) is 8.68. The third-order valence-corrected chi connectivity index (χ3v) is 4.10. The summed E-state index contributed by atoms with van der Waals surface area (Å²) in [7, 11) is 0. The molecule has 0 radical (unpaired) electrons. The predicted molar refractivity (Wildman–Crippen MR) is 103 cm³/mol. The molecule has 0 saturated carbocycles. The maximum Gasteiger partial charge on any atom is 0.356 e. The molecule has 0 aliphatic rings. The molecule has 0 saturated heterocycles. The maximum atomic E-state index is 13.4. The van der Waals surface area contributed by atoms with Gasteiger partial charge in [0.2, 0.25) is 0 Å². The van der Waals surface area contributed by atoms with E-state index in [1.807, 2.05) is 51.1 Å². The van der Waals surface area contributed by atoms with Crippen LogP contribution in [0.15, 0.2) is 54.6 Å². The Kier molecular flexibility index (Phi) is 5.10. The number of hydrogen-bond donors (Lipinski definition) is 2. The average Bonchev–Trinajstić information content (AvgIpc) is 3.00. The van der Waals surface area contributed by atoms with E-state index in [2.05, 4.69) is 10.4 Å².